The highest BCUT2D eigenvalue weighted by Gasteiger charge is 2.52. The fourth-order valence-electron chi connectivity index (χ4n) is 4.06. The number of amides is 1. The van der Waals surface area contributed by atoms with E-state index in [4.69, 9.17) is 10.5 Å². The van der Waals surface area contributed by atoms with Gasteiger partial charge in [-0.15, -0.1) is 0 Å². The Bertz CT molecular complexity index is 381. The molecule has 0 spiro atoms. The lowest BCUT2D eigenvalue weighted by Crippen LogP contribution is -2.59. The monoisotopic (exact) mass is 282 g/mol. The van der Waals surface area contributed by atoms with Crippen molar-refractivity contribution in [2.24, 2.45) is 17.1 Å². The van der Waals surface area contributed by atoms with E-state index >= 15 is 0 Å². The predicted molar refractivity (Wildman–Crippen MR) is 80.4 cm³/mol. The second kappa shape index (κ2) is 4.90. The molecule has 2 heterocycles. The van der Waals surface area contributed by atoms with Crippen LogP contribution in [0.5, 0.6) is 0 Å². The maximum Gasteiger partial charge on any atom is 0.410 e. The fourth-order valence-corrected chi connectivity index (χ4v) is 4.06. The number of hydrogen-bond acceptors (Lipinski definition) is 3. The molecule has 2 aliphatic heterocycles. The summed E-state index contributed by atoms with van der Waals surface area (Å²) in [7, 11) is 0. The van der Waals surface area contributed by atoms with Crippen LogP contribution in [0.3, 0.4) is 0 Å². The minimum absolute atomic E-state index is 0.111. The lowest BCUT2D eigenvalue weighted by molar-refractivity contribution is -0.0207. The van der Waals surface area contributed by atoms with Crippen LogP contribution in [0, 0.1) is 11.3 Å². The second-order valence-electron chi connectivity index (χ2n) is 8.48. The zero-order valence-electron chi connectivity index (χ0n) is 13.8. The third-order valence-corrected chi connectivity index (χ3v) is 4.57. The molecule has 2 saturated heterocycles. The third-order valence-electron chi connectivity index (χ3n) is 4.57. The molecule has 0 aromatic heterocycles. The fraction of sp³-hybridized carbons (Fsp3) is 0.938. The molecule has 4 atom stereocenters. The average molecular weight is 282 g/mol. The molecule has 0 aliphatic carbocycles. The molecule has 0 aromatic rings. The zero-order valence-corrected chi connectivity index (χ0v) is 13.8. The molecule has 1 amide bonds. The maximum atomic E-state index is 12.5. The summed E-state index contributed by atoms with van der Waals surface area (Å²) in [6.45, 7) is 12.4. The van der Waals surface area contributed by atoms with E-state index in [1.54, 1.807) is 0 Å². The summed E-state index contributed by atoms with van der Waals surface area (Å²) in [4.78, 5) is 14.5. The van der Waals surface area contributed by atoms with E-state index in [9.17, 15) is 4.79 Å². The Morgan fingerprint density at radius 2 is 1.75 bits per heavy atom. The third kappa shape index (κ3) is 2.95. The van der Waals surface area contributed by atoms with Crippen LogP contribution in [-0.4, -0.2) is 34.7 Å². The molecular formula is C16H30N2O2. The highest BCUT2D eigenvalue weighted by Crippen LogP contribution is 2.46. The topological polar surface area (TPSA) is 55.6 Å². The lowest BCUT2D eigenvalue weighted by atomic mass is 9.69. The maximum absolute atomic E-state index is 12.5. The van der Waals surface area contributed by atoms with Gasteiger partial charge in [-0.2, -0.15) is 0 Å². The molecule has 116 valence electrons. The predicted octanol–water partition coefficient (Wildman–Crippen LogP) is 3.15. The molecular weight excluding hydrogens is 252 g/mol. The molecule has 20 heavy (non-hydrogen) atoms. The van der Waals surface area contributed by atoms with Gasteiger partial charge < -0.3 is 15.4 Å². The smallest absolute Gasteiger partial charge is 0.410 e. The van der Waals surface area contributed by atoms with Crippen LogP contribution in [0.4, 0.5) is 4.79 Å². The van der Waals surface area contributed by atoms with Crippen LogP contribution >= 0.6 is 0 Å². The number of fused-ring (bicyclic) bond motifs is 2. The van der Waals surface area contributed by atoms with Crippen molar-refractivity contribution >= 4 is 6.09 Å². The van der Waals surface area contributed by atoms with E-state index in [1.807, 2.05) is 25.7 Å². The number of carbonyl (C=O) groups is 1. The van der Waals surface area contributed by atoms with E-state index in [0.29, 0.717) is 5.92 Å². The van der Waals surface area contributed by atoms with Gasteiger partial charge in [0.25, 0.3) is 0 Å². The van der Waals surface area contributed by atoms with Gasteiger partial charge in [0.1, 0.15) is 5.60 Å². The van der Waals surface area contributed by atoms with E-state index in [0.717, 1.165) is 19.3 Å². The molecule has 0 aromatic carbocycles. The summed E-state index contributed by atoms with van der Waals surface area (Å²) in [5.74, 6) is 0.341. The van der Waals surface area contributed by atoms with E-state index < -0.39 is 5.60 Å². The molecule has 0 radical (unpaired) electrons. The van der Waals surface area contributed by atoms with Crippen LogP contribution in [-0.2, 0) is 4.74 Å². The van der Waals surface area contributed by atoms with Gasteiger partial charge in [0, 0.05) is 18.1 Å². The molecule has 2 aliphatic rings. The lowest BCUT2D eigenvalue weighted by Gasteiger charge is -2.48. The number of nitrogens with two attached hydrogens (primary N) is 1. The summed E-state index contributed by atoms with van der Waals surface area (Å²) >= 11 is 0. The first-order chi connectivity index (χ1) is 9.00. The van der Waals surface area contributed by atoms with Crippen molar-refractivity contribution in [3.8, 4) is 0 Å². The van der Waals surface area contributed by atoms with Crippen LogP contribution in [0.25, 0.3) is 0 Å². The Morgan fingerprint density at radius 3 is 2.25 bits per heavy atom. The number of piperidine rings is 1. The normalized spacial score (nSPS) is 34.2. The van der Waals surface area contributed by atoms with Crippen LogP contribution in [0.15, 0.2) is 0 Å². The Kier molecular flexibility index (Phi) is 3.83. The van der Waals surface area contributed by atoms with Gasteiger partial charge in [0.05, 0.1) is 0 Å². The summed E-state index contributed by atoms with van der Waals surface area (Å²) < 4.78 is 5.60. The molecule has 2 N–H and O–H groups in total. The first-order valence-corrected chi connectivity index (χ1v) is 7.77. The van der Waals surface area contributed by atoms with Crippen molar-refractivity contribution in [2.75, 3.05) is 0 Å². The van der Waals surface area contributed by atoms with Gasteiger partial charge in [-0.25, -0.2) is 4.79 Å². The van der Waals surface area contributed by atoms with Gasteiger partial charge in [-0.3, -0.25) is 0 Å². The van der Waals surface area contributed by atoms with Crippen LogP contribution in [0.2, 0.25) is 0 Å². The van der Waals surface area contributed by atoms with Crippen molar-refractivity contribution < 1.29 is 9.53 Å². The first kappa shape index (κ1) is 15.6. The molecule has 4 heteroatoms. The minimum Gasteiger partial charge on any atom is -0.444 e. The number of carbonyl (C=O) groups excluding carboxylic acids is 1. The van der Waals surface area contributed by atoms with Crippen molar-refractivity contribution in [2.45, 2.75) is 84.5 Å². The standard InChI is InChI=1S/C16H30N2O2/c1-15(2,3)13-11(17)9-10-7-8-12(13)18(10)14(19)20-16(4,5)6/h10-13H,7-9,17H2,1-6H3. The van der Waals surface area contributed by atoms with Crippen LogP contribution in [0.1, 0.15) is 60.8 Å². The van der Waals surface area contributed by atoms with Crippen molar-refractivity contribution in [1.82, 2.24) is 4.90 Å². The van der Waals surface area contributed by atoms with Gasteiger partial charge in [0.15, 0.2) is 0 Å². The van der Waals surface area contributed by atoms with E-state index in [-0.39, 0.29) is 29.6 Å². The zero-order chi connectivity index (χ0) is 15.3. The highest BCUT2D eigenvalue weighted by atomic mass is 16.6. The highest BCUT2D eigenvalue weighted by molar-refractivity contribution is 5.69. The molecule has 0 saturated carbocycles. The van der Waals surface area contributed by atoms with Gasteiger partial charge in [-0.1, -0.05) is 20.8 Å². The van der Waals surface area contributed by atoms with Crippen LogP contribution < -0.4 is 5.73 Å². The largest absolute Gasteiger partial charge is 0.444 e. The van der Waals surface area contributed by atoms with Gasteiger partial charge >= 0.3 is 6.09 Å². The Hall–Kier alpha value is -0.770. The first-order valence-electron chi connectivity index (χ1n) is 7.77. The number of nitrogens with zero attached hydrogens (tertiary/aromatic N) is 1. The van der Waals surface area contributed by atoms with Crippen molar-refractivity contribution in [3.05, 3.63) is 0 Å². The van der Waals surface area contributed by atoms with Gasteiger partial charge in [-0.05, 0) is 51.4 Å². The Balaban J connectivity index is 2.21. The SMILES string of the molecule is CC(C)(C)OC(=O)N1C2CCC1C(C(C)(C)C)C(N)C2. The Labute approximate surface area is 123 Å². The second-order valence-corrected chi connectivity index (χ2v) is 8.48. The summed E-state index contributed by atoms with van der Waals surface area (Å²) in [6, 6.07) is 0.688. The van der Waals surface area contributed by atoms with Crippen molar-refractivity contribution in [1.29, 1.82) is 0 Å². The van der Waals surface area contributed by atoms with Crippen molar-refractivity contribution in [3.63, 3.8) is 0 Å². The Morgan fingerprint density at radius 1 is 1.15 bits per heavy atom. The van der Waals surface area contributed by atoms with E-state index in [1.165, 1.54) is 0 Å². The summed E-state index contributed by atoms with van der Waals surface area (Å²) in [6.07, 6.45) is 2.85. The number of rotatable bonds is 0. The summed E-state index contributed by atoms with van der Waals surface area (Å²) in [5.41, 5.74) is 6.07. The van der Waals surface area contributed by atoms with Gasteiger partial charge in [0.2, 0.25) is 0 Å². The molecule has 2 fully saturated rings. The molecule has 2 bridgehead atoms. The molecule has 4 unspecified atom stereocenters. The number of hydrogen-bond donors (Lipinski definition) is 1. The average Bonchev–Trinajstić information content (AvgIpc) is 2.49. The molecule has 4 nitrogen and oxygen atoms in total. The van der Waals surface area contributed by atoms with E-state index in [2.05, 4.69) is 20.8 Å². The quantitative estimate of drug-likeness (QED) is 0.742. The number of ether oxygens (including phenoxy) is 1. The molecule has 2 rings (SSSR count). The minimum atomic E-state index is -0.437. The summed E-state index contributed by atoms with van der Waals surface area (Å²) in [5, 5.41) is 0.